The van der Waals surface area contributed by atoms with Gasteiger partial charge in [-0.15, -0.1) is 45.8 Å². The molecule has 1 unspecified atom stereocenters. The van der Waals surface area contributed by atoms with E-state index in [0.717, 1.165) is 6.42 Å². The fourth-order valence-electron chi connectivity index (χ4n) is 2.45. The molecule has 3 aromatic heterocycles. The highest BCUT2D eigenvalue weighted by Gasteiger charge is 2.14. The maximum absolute atomic E-state index is 4.32. The monoisotopic (exact) mass is 460 g/mol. The first kappa shape index (κ1) is 21.7. The maximum atomic E-state index is 4.32. The molecule has 3 aromatic rings. The molecule has 0 amide bonds. The summed E-state index contributed by atoms with van der Waals surface area (Å²) in [6, 6.07) is 13.3. The first-order chi connectivity index (χ1) is 13.6. The average Bonchev–Trinajstić information content (AvgIpc) is 3.46. The van der Waals surface area contributed by atoms with Crippen molar-refractivity contribution in [1.82, 2.24) is 0 Å². The SMILES string of the molecule is C=C(S/C(=C\C)c1ccc(-c2ccc(-c3cccs3)s2)s1)C(C)S/C=C\CC. The topological polar surface area (TPSA) is 0 Å². The average molecular weight is 461 g/mol. The Hall–Kier alpha value is -0.980. The highest BCUT2D eigenvalue weighted by Crippen LogP contribution is 2.44. The van der Waals surface area contributed by atoms with E-state index in [2.05, 4.69) is 86.7 Å². The van der Waals surface area contributed by atoms with Crippen LogP contribution in [0.25, 0.3) is 24.4 Å². The van der Waals surface area contributed by atoms with Crippen LogP contribution in [0.15, 0.2) is 70.8 Å². The van der Waals surface area contributed by atoms with E-state index in [9.17, 15) is 0 Å². The van der Waals surface area contributed by atoms with Crippen LogP contribution in [0.1, 0.15) is 32.1 Å². The van der Waals surface area contributed by atoms with E-state index in [1.54, 1.807) is 23.1 Å². The number of thiophene rings is 3. The minimum atomic E-state index is 0.396. The van der Waals surface area contributed by atoms with Crippen LogP contribution in [0, 0.1) is 0 Å². The normalized spacial score (nSPS) is 13.3. The third-order valence-electron chi connectivity index (χ3n) is 4.03. The van der Waals surface area contributed by atoms with Gasteiger partial charge in [0, 0.05) is 34.5 Å². The molecular weight excluding hydrogens is 437 g/mol. The standard InChI is InChI=1S/C23H24S5/c1-5-7-14-24-16(3)17(4)26-18(6-2)20-10-12-22(27-20)23-13-11-21(28-23)19-9-8-15-25-19/h6-16H,4-5H2,1-3H3/b14-7-,18-6-. The van der Waals surface area contributed by atoms with Crippen LogP contribution in [0.3, 0.4) is 0 Å². The molecule has 0 spiro atoms. The molecule has 0 bridgehead atoms. The number of hydrogen-bond donors (Lipinski definition) is 0. The summed E-state index contributed by atoms with van der Waals surface area (Å²) in [6.07, 6.45) is 5.48. The second-order valence-electron chi connectivity index (χ2n) is 6.08. The first-order valence-corrected chi connectivity index (χ1v) is 13.5. The van der Waals surface area contributed by atoms with Crippen molar-refractivity contribution < 1.29 is 0 Å². The van der Waals surface area contributed by atoms with E-state index in [0.29, 0.717) is 5.25 Å². The molecule has 0 nitrogen and oxygen atoms in total. The van der Waals surface area contributed by atoms with Crippen LogP contribution < -0.4 is 0 Å². The Kier molecular flexibility index (Phi) is 8.30. The van der Waals surface area contributed by atoms with Crippen molar-refractivity contribution >= 4 is 62.4 Å². The van der Waals surface area contributed by atoms with Crippen molar-refractivity contribution in [3.63, 3.8) is 0 Å². The summed E-state index contributed by atoms with van der Waals surface area (Å²) in [5.74, 6) is 0. The fourth-order valence-corrected chi connectivity index (χ4v) is 7.34. The Morgan fingerprint density at radius 3 is 2.46 bits per heavy atom. The zero-order valence-electron chi connectivity index (χ0n) is 16.3. The van der Waals surface area contributed by atoms with Gasteiger partial charge in [-0.25, -0.2) is 0 Å². The summed E-state index contributed by atoms with van der Waals surface area (Å²) in [4.78, 5) is 9.18. The zero-order valence-corrected chi connectivity index (χ0v) is 20.4. The van der Waals surface area contributed by atoms with E-state index in [4.69, 9.17) is 0 Å². The lowest BCUT2D eigenvalue weighted by atomic mass is 10.3. The Labute approximate surface area is 189 Å². The number of allylic oxidation sites excluding steroid dienone is 2. The van der Waals surface area contributed by atoms with Crippen molar-refractivity contribution in [2.24, 2.45) is 0 Å². The molecule has 0 aliphatic carbocycles. The Morgan fingerprint density at radius 2 is 1.79 bits per heavy atom. The summed E-state index contributed by atoms with van der Waals surface area (Å²) in [6.45, 7) is 10.8. The van der Waals surface area contributed by atoms with Crippen molar-refractivity contribution in [2.75, 3.05) is 0 Å². The Morgan fingerprint density at radius 1 is 1.07 bits per heavy atom. The molecule has 0 radical (unpaired) electrons. The number of thioether (sulfide) groups is 2. The molecule has 1 atom stereocenters. The van der Waals surface area contributed by atoms with Crippen LogP contribution in [0.4, 0.5) is 0 Å². The molecule has 0 N–H and O–H groups in total. The summed E-state index contributed by atoms with van der Waals surface area (Å²) in [7, 11) is 0. The van der Waals surface area contributed by atoms with Gasteiger partial charge in [0.1, 0.15) is 0 Å². The van der Waals surface area contributed by atoms with Gasteiger partial charge >= 0.3 is 0 Å². The summed E-state index contributed by atoms with van der Waals surface area (Å²) in [5.41, 5.74) is 0. The molecule has 0 aromatic carbocycles. The molecule has 146 valence electrons. The van der Waals surface area contributed by atoms with E-state index >= 15 is 0 Å². The first-order valence-electron chi connectivity index (χ1n) is 9.20. The van der Waals surface area contributed by atoms with E-state index in [1.165, 1.54) is 34.2 Å². The van der Waals surface area contributed by atoms with Gasteiger partial charge in [-0.1, -0.05) is 43.5 Å². The third-order valence-corrected chi connectivity index (χ3v) is 10.1. The summed E-state index contributed by atoms with van der Waals surface area (Å²) >= 11 is 9.18. The van der Waals surface area contributed by atoms with Gasteiger partial charge in [-0.05, 0) is 66.3 Å². The minimum absolute atomic E-state index is 0.396. The predicted molar refractivity (Wildman–Crippen MR) is 138 cm³/mol. The molecule has 3 heterocycles. The molecule has 0 aliphatic heterocycles. The summed E-state index contributed by atoms with van der Waals surface area (Å²) < 4.78 is 0. The van der Waals surface area contributed by atoms with Crippen molar-refractivity contribution in [3.8, 4) is 19.5 Å². The summed E-state index contributed by atoms with van der Waals surface area (Å²) in [5, 5.41) is 4.72. The van der Waals surface area contributed by atoms with E-state index in [1.807, 2.05) is 34.4 Å². The highest BCUT2D eigenvalue weighted by atomic mass is 32.2. The Balaban J connectivity index is 1.69. The number of rotatable bonds is 9. The molecule has 0 fully saturated rings. The maximum Gasteiger partial charge on any atom is 0.0449 e. The van der Waals surface area contributed by atoms with E-state index < -0.39 is 0 Å². The largest absolute Gasteiger partial charge is 0.143 e. The van der Waals surface area contributed by atoms with Crippen LogP contribution >= 0.6 is 57.5 Å². The van der Waals surface area contributed by atoms with E-state index in [-0.39, 0.29) is 0 Å². The molecular formula is C23H24S5. The lowest BCUT2D eigenvalue weighted by Gasteiger charge is -2.13. The zero-order chi connectivity index (χ0) is 19.9. The molecule has 3 rings (SSSR count). The molecule has 28 heavy (non-hydrogen) atoms. The van der Waals surface area contributed by atoms with Gasteiger partial charge in [0.2, 0.25) is 0 Å². The van der Waals surface area contributed by atoms with Gasteiger partial charge in [0.15, 0.2) is 0 Å². The quantitative estimate of drug-likeness (QED) is 0.311. The van der Waals surface area contributed by atoms with Crippen LogP contribution in [0.5, 0.6) is 0 Å². The minimum Gasteiger partial charge on any atom is -0.143 e. The molecule has 0 saturated heterocycles. The van der Waals surface area contributed by atoms with Gasteiger partial charge in [0.05, 0.1) is 0 Å². The van der Waals surface area contributed by atoms with Gasteiger partial charge in [-0.3, -0.25) is 0 Å². The van der Waals surface area contributed by atoms with Crippen molar-refractivity contribution in [3.05, 3.63) is 75.7 Å². The molecule has 0 aliphatic rings. The second-order valence-corrected chi connectivity index (χ2v) is 11.6. The van der Waals surface area contributed by atoms with Crippen LogP contribution in [0.2, 0.25) is 0 Å². The predicted octanol–water partition coefficient (Wildman–Crippen LogP) is 9.86. The van der Waals surface area contributed by atoms with Crippen molar-refractivity contribution in [1.29, 1.82) is 0 Å². The third kappa shape index (κ3) is 5.55. The lowest BCUT2D eigenvalue weighted by molar-refractivity contribution is 1.22. The highest BCUT2D eigenvalue weighted by molar-refractivity contribution is 8.13. The van der Waals surface area contributed by atoms with Gasteiger partial charge in [-0.2, -0.15) is 0 Å². The fraction of sp³-hybridized carbons (Fsp3) is 0.217. The van der Waals surface area contributed by atoms with Crippen LogP contribution in [-0.2, 0) is 0 Å². The van der Waals surface area contributed by atoms with Crippen molar-refractivity contribution in [2.45, 2.75) is 32.4 Å². The lowest BCUT2D eigenvalue weighted by Crippen LogP contribution is -1.95. The van der Waals surface area contributed by atoms with Gasteiger partial charge < -0.3 is 0 Å². The second kappa shape index (κ2) is 10.7. The smallest absolute Gasteiger partial charge is 0.0449 e. The van der Waals surface area contributed by atoms with Gasteiger partial charge in [0.25, 0.3) is 0 Å². The molecule has 5 heteroatoms. The molecule has 0 saturated carbocycles. The number of hydrogen-bond acceptors (Lipinski definition) is 5. The Bertz CT molecular complexity index is 953. The van der Waals surface area contributed by atoms with Crippen LogP contribution in [-0.4, -0.2) is 5.25 Å².